The lowest BCUT2D eigenvalue weighted by Gasteiger charge is -2.32. The van der Waals surface area contributed by atoms with Crippen molar-refractivity contribution < 1.29 is 49.4 Å². The number of esters is 2. The number of aliphatic carboxylic acids is 2. The van der Waals surface area contributed by atoms with E-state index in [1.165, 1.54) is 6.92 Å². The summed E-state index contributed by atoms with van der Waals surface area (Å²) in [6, 6.07) is 0. The van der Waals surface area contributed by atoms with Gasteiger partial charge in [-0.2, -0.15) is 0 Å². The fraction of sp³-hybridized carbons (Fsp3) is 0.474. The van der Waals surface area contributed by atoms with E-state index in [4.69, 9.17) is 4.74 Å². The Labute approximate surface area is 177 Å². The van der Waals surface area contributed by atoms with Crippen molar-refractivity contribution in [3.63, 3.8) is 0 Å². The molecule has 0 saturated heterocycles. The van der Waals surface area contributed by atoms with Gasteiger partial charge in [0.1, 0.15) is 0 Å². The Balaban J connectivity index is 6.66. The Morgan fingerprint density at radius 1 is 0.900 bits per heavy atom. The second-order valence-corrected chi connectivity index (χ2v) is 8.03. The van der Waals surface area contributed by atoms with E-state index in [2.05, 4.69) is 6.58 Å². The maximum absolute atomic E-state index is 12.9. The first-order valence-corrected chi connectivity index (χ1v) is 9.52. The van der Waals surface area contributed by atoms with Gasteiger partial charge >= 0.3 is 23.9 Å². The summed E-state index contributed by atoms with van der Waals surface area (Å²) in [6.07, 6.45) is 1.80. The summed E-state index contributed by atoms with van der Waals surface area (Å²) in [4.78, 5) is 47.5. The molecule has 0 fully saturated rings. The zero-order chi connectivity index (χ0) is 23.7. The van der Waals surface area contributed by atoms with Gasteiger partial charge in [0.2, 0.25) is 0 Å². The van der Waals surface area contributed by atoms with Crippen LogP contribution in [0, 0.1) is 5.41 Å². The highest BCUT2D eigenvalue weighted by Crippen LogP contribution is 2.37. The molecule has 0 unspecified atom stereocenters. The third kappa shape index (κ3) is 7.41. The largest absolute Gasteiger partial charge is 0.478 e. The predicted octanol–water partition coefficient (Wildman–Crippen LogP) is 0.129. The lowest BCUT2D eigenvalue weighted by Crippen LogP contribution is -2.42. The van der Waals surface area contributed by atoms with Crippen molar-refractivity contribution in [2.24, 2.45) is 5.41 Å². The van der Waals surface area contributed by atoms with Gasteiger partial charge in [0.15, 0.2) is 4.75 Å². The van der Waals surface area contributed by atoms with Gasteiger partial charge in [0.05, 0.1) is 19.8 Å². The molecule has 0 aromatic rings. The average molecular weight is 446 g/mol. The summed E-state index contributed by atoms with van der Waals surface area (Å²) in [5, 5.41) is 47.1. The third-order valence-electron chi connectivity index (χ3n) is 4.01. The lowest BCUT2D eigenvalue weighted by atomic mass is 9.94. The molecule has 0 spiro atoms. The van der Waals surface area contributed by atoms with Crippen LogP contribution in [0.4, 0.5) is 0 Å². The minimum atomic E-state index is -2.14. The van der Waals surface area contributed by atoms with Crippen LogP contribution in [0.1, 0.15) is 20.8 Å². The van der Waals surface area contributed by atoms with E-state index in [0.29, 0.717) is 11.8 Å². The van der Waals surface area contributed by atoms with E-state index >= 15 is 0 Å². The Morgan fingerprint density at radius 2 is 1.30 bits per heavy atom. The van der Waals surface area contributed by atoms with Crippen molar-refractivity contribution in [1.82, 2.24) is 0 Å². The fourth-order valence-corrected chi connectivity index (χ4v) is 3.38. The molecule has 5 N–H and O–H groups in total. The maximum atomic E-state index is 12.9. The maximum Gasteiger partial charge on any atom is 0.340 e. The Bertz CT molecular complexity index is 723. The van der Waals surface area contributed by atoms with Gasteiger partial charge in [0.25, 0.3) is 0 Å². The monoisotopic (exact) mass is 446 g/mol. The molecule has 0 rings (SSSR count). The summed E-state index contributed by atoms with van der Waals surface area (Å²) >= 11 is 0.587. The van der Waals surface area contributed by atoms with Gasteiger partial charge in [-0.15, -0.1) is 11.8 Å². The second kappa shape index (κ2) is 11.6. The smallest absolute Gasteiger partial charge is 0.340 e. The minimum absolute atomic E-state index is 0.129. The van der Waals surface area contributed by atoms with Gasteiger partial charge in [0, 0.05) is 27.9 Å². The SMILES string of the molecule is C=C(C)C(=O)OC(=O)C(C=C(C)C(=O)O)(C=C(C)C(=O)O)SCC(CO)(CO)CO. The van der Waals surface area contributed by atoms with Crippen molar-refractivity contribution in [1.29, 1.82) is 0 Å². The van der Waals surface area contributed by atoms with Gasteiger partial charge < -0.3 is 30.3 Å². The zero-order valence-corrected chi connectivity index (χ0v) is 17.7. The summed E-state index contributed by atoms with van der Waals surface area (Å²) in [5.41, 5.74) is -2.33. The number of thioether (sulfide) groups is 1. The highest BCUT2D eigenvalue weighted by Gasteiger charge is 2.42. The van der Waals surface area contributed by atoms with Crippen molar-refractivity contribution in [2.45, 2.75) is 25.5 Å². The second-order valence-electron chi connectivity index (χ2n) is 6.78. The molecule has 0 radical (unpaired) electrons. The van der Waals surface area contributed by atoms with Gasteiger partial charge in [-0.3, -0.25) is 0 Å². The van der Waals surface area contributed by atoms with Crippen molar-refractivity contribution in [2.75, 3.05) is 25.6 Å². The normalized spacial score (nSPS) is 14.6. The molecule has 10 nitrogen and oxygen atoms in total. The summed E-state index contributed by atoms with van der Waals surface area (Å²) < 4.78 is 2.61. The summed E-state index contributed by atoms with van der Waals surface area (Å²) in [6.45, 7) is 4.84. The molecule has 30 heavy (non-hydrogen) atoms. The number of hydrogen-bond acceptors (Lipinski definition) is 9. The van der Waals surface area contributed by atoms with E-state index < -0.39 is 53.9 Å². The first-order chi connectivity index (χ1) is 13.8. The van der Waals surface area contributed by atoms with Gasteiger partial charge in [-0.25, -0.2) is 19.2 Å². The molecule has 0 aliphatic heterocycles. The van der Waals surface area contributed by atoms with E-state index in [-0.39, 0.29) is 22.5 Å². The minimum Gasteiger partial charge on any atom is -0.478 e. The molecule has 0 amide bonds. The molecular formula is C19H26O10S. The van der Waals surface area contributed by atoms with Crippen molar-refractivity contribution >= 4 is 35.6 Å². The van der Waals surface area contributed by atoms with Gasteiger partial charge in [-0.05, 0) is 32.9 Å². The molecule has 0 heterocycles. The Morgan fingerprint density at radius 3 is 1.60 bits per heavy atom. The Kier molecular flexibility index (Phi) is 10.7. The Hall–Kier alpha value is -2.47. The number of aliphatic hydroxyl groups is 3. The average Bonchev–Trinajstić information content (AvgIpc) is 2.68. The van der Waals surface area contributed by atoms with Crippen LogP contribution in [0.2, 0.25) is 0 Å². The van der Waals surface area contributed by atoms with E-state index in [0.717, 1.165) is 26.0 Å². The molecule has 0 aliphatic rings. The van der Waals surface area contributed by atoms with Crippen LogP contribution in [-0.4, -0.2) is 79.7 Å². The predicted molar refractivity (Wildman–Crippen MR) is 108 cm³/mol. The molecule has 0 bridgehead atoms. The number of rotatable bonds is 12. The van der Waals surface area contributed by atoms with Crippen LogP contribution in [0.3, 0.4) is 0 Å². The van der Waals surface area contributed by atoms with Crippen LogP contribution < -0.4 is 0 Å². The lowest BCUT2D eigenvalue weighted by molar-refractivity contribution is -0.157. The van der Waals surface area contributed by atoms with Crippen molar-refractivity contribution in [3.8, 4) is 0 Å². The number of carboxylic acids is 2. The highest BCUT2D eigenvalue weighted by atomic mass is 32.2. The molecular weight excluding hydrogens is 420 g/mol. The molecule has 0 aliphatic carbocycles. The van der Waals surface area contributed by atoms with Crippen molar-refractivity contribution in [3.05, 3.63) is 35.5 Å². The van der Waals surface area contributed by atoms with Crippen LogP contribution in [-0.2, 0) is 23.9 Å². The third-order valence-corrected chi connectivity index (χ3v) is 5.65. The van der Waals surface area contributed by atoms with Crippen LogP contribution in [0.25, 0.3) is 0 Å². The number of ether oxygens (including phenoxy) is 1. The number of hydrogen-bond donors (Lipinski definition) is 5. The van der Waals surface area contributed by atoms with Gasteiger partial charge in [-0.1, -0.05) is 6.58 Å². The van der Waals surface area contributed by atoms with Crippen LogP contribution in [0.5, 0.6) is 0 Å². The number of aliphatic hydroxyl groups excluding tert-OH is 3. The first kappa shape index (κ1) is 27.5. The quantitative estimate of drug-likeness (QED) is 0.156. The highest BCUT2D eigenvalue weighted by molar-refractivity contribution is 8.01. The molecule has 168 valence electrons. The molecule has 0 aromatic heterocycles. The molecule has 0 saturated carbocycles. The zero-order valence-electron chi connectivity index (χ0n) is 16.9. The van der Waals surface area contributed by atoms with E-state index in [9.17, 15) is 44.7 Å². The number of carbonyl (C=O) groups is 4. The van der Waals surface area contributed by atoms with E-state index in [1.54, 1.807) is 0 Å². The standard InChI is InChI=1S/C19H26O10S/c1-11(2)16(27)29-17(28)19(5-12(3)14(23)24,6-13(4)15(25)26)30-10-18(7-20,8-21)9-22/h5-6,20-22H,1,7-10H2,2-4H3,(H,23,24)(H,25,26). The molecule has 11 heteroatoms. The first-order valence-electron chi connectivity index (χ1n) is 8.54. The summed E-state index contributed by atoms with van der Waals surface area (Å²) in [5.74, 6) is -5.56. The fourth-order valence-electron chi connectivity index (χ4n) is 1.88. The topological polar surface area (TPSA) is 179 Å². The molecule has 0 aromatic carbocycles. The van der Waals surface area contributed by atoms with E-state index in [1.807, 2.05) is 0 Å². The number of carboxylic acid groups (broad SMARTS) is 2. The molecule has 0 atom stereocenters. The van der Waals surface area contributed by atoms with Crippen LogP contribution in [0.15, 0.2) is 35.5 Å². The van der Waals surface area contributed by atoms with Crippen LogP contribution >= 0.6 is 11.8 Å². The number of carbonyl (C=O) groups excluding carboxylic acids is 2. The summed E-state index contributed by atoms with van der Waals surface area (Å²) in [7, 11) is 0.